The third-order valence-electron chi connectivity index (χ3n) is 1.54. The normalized spacial score (nSPS) is 11.3. The molecule has 1 aromatic heterocycles. The molecule has 3 heteroatoms. The molecule has 0 aliphatic carbocycles. The lowest BCUT2D eigenvalue weighted by Crippen LogP contribution is -2.11. The van der Waals surface area contributed by atoms with E-state index < -0.39 is 0 Å². The minimum atomic E-state index is 0.177. The van der Waals surface area contributed by atoms with Gasteiger partial charge in [0, 0.05) is 6.20 Å². The van der Waals surface area contributed by atoms with Crippen molar-refractivity contribution in [3.63, 3.8) is 0 Å². The maximum atomic E-state index is 10.4. The Hall–Kier alpha value is -1.25. The first-order chi connectivity index (χ1) is 6.01. The van der Waals surface area contributed by atoms with E-state index in [0.29, 0.717) is 5.69 Å². The molecule has 0 amide bonds. The molecule has 0 atom stereocenters. The van der Waals surface area contributed by atoms with Crippen LogP contribution in [-0.4, -0.2) is 16.3 Å². The molecule has 1 heterocycles. The third-order valence-corrected chi connectivity index (χ3v) is 1.54. The van der Waals surface area contributed by atoms with E-state index in [1.165, 1.54) is 6.20 Å². The summed E-state index contributed by atoms with van der Waals surface area (Å²) >= 11 is 0. The van der Waals surface area contributed by atoms with Crippen molar-refractivity contribution in [1.82, 2.24) is 9.97 Å². The Morgan fingerprint density at radius 3 is 2.62 bits per heavy atom. The standard InChI is InChI=1S/C10H14N2O/c1-10(2,3)4-8-5-11-6-9(7-13)12-8/h5-7H,4H2,1-3H3. The summed E-state index contributed by atoms with van der Waals surface area (Å²) in [4.78, 5) is 18.5. The predicted molar refractivity (Wildman–Crippen MR) is 50.6 cm³/mol. The van der Waals surface area contributed by atoms with Gasteiger partial charge >= 0.3 is 0 Å². The topological polar surface area (TPSA) is 42.9 Å². The number of carbonyl (C=O) groups excluding carboxylic acids is 1. The number of rotatable bonds is 2. The van der Waals surface area contributed by atoms with Crippen LogP contribution in [0.5, 0.6) is 0 Å². The number of nitrogens with zero attached hydrogens (tertiary/aromatic N) is 2. The van der Waals surface area contributed by atoms with Crippen molar-refractivity contribution in [2.24, 2.45) is 5.41 Å². The molecule has 13 heavy (non-hydrogen) atoms. The summed E-state index contributed by atoms with van der Waals surface area (Å²) in [6.07, 6.45) is 4.73. The molecular formula is C10H14N2O. The predicted octanol–water partition coefficient (Wildman–Crippen LogP) is 1.88. The molecule has 0 aliphatic rings. The van der Waals surface area contributed by atoms with Gasteiger partial charge in [-0.15, -0.1) is 0 Å². The van der Waals surface area contributed by atoms with E-state index in [1.807, 2.05) is 0 Å². The first-order valence-electron chi connectivity index (χ1n) is 4.27. The zero-order valence-electron chi connectivity index (χ0n) is 8.24. The van der Waals surface area contributed by atoms with Crippen molar-refractivity contribution in [1.29, 1.82) is 0 Å². The van der Waals surface area contributed by atoms with Crippen LogP contribution < -0.4 is 0 Å². The second-order valence-corrected chi connectivity index (χ2v) is 4.29. The Morgan fingerprint density at radius 2 is 2.08 bits per heavy atom. The van der Waals surface area contributed by atoms with Crippen molar-refractivity contribution in [2.75, 3.05) is 0 Å². The Kier molecular flexibility index (Phi) is 2.76. The Balaban J connectivity index is 2.84. The highest BCUT2D eigenvalue weighted by Crippen LogP contribution is 2.18. The van der Waals surface area contributed by atoms with Crippen molar-refractivity contribution >= 4 is 6.29 Å². The lowest BCUT2D eigenvalue weighted by molar-refractivity contribution is 0.111. The van der Waals surface area contributed by atoms with Crippen molar-refractivity contribution in [3.8, 4) is 0 Å². The second-order valence-electron chi connectivity index (χ2n) is 4.29. The van der Waals surface area contributed by atoms with E-state index in [9.17, 15) is 4.79 Å². The number of aromatic nitrogens is 2. The average Bonchev–Trinajstić information content (AvgIpc) is 2.01. The smallest absolute Gasteiger partial charge is 0.170 e. The molecule has 0 fully saturated rings. The summed E-state index contributed by atoms with van der Waals surface area (Å²) in [7, 11) is 0. The molecule has 0 spiro atoms. The van der Waals surface area contributed by atoms with Crippen LogP contribution in [0.15, 0.2) is 12.4 Å². The fraction of sp³-hybridized carbons (Fsp3) is 0.500. The number of aldehydes is 1. The van der Waals surface area contributed by atoms with Crippen LogP contribution in [0.3, 0.4) is 0 Å². The highest BCUT2D eigenvalue weighted by Gasteiger charge is 2.12. The molecule has 0 unspecified atom stereocenters. The number of hydrogen-bond donors (Lipinski definition) is 0. The van der Waals surface area contributed by atoms with Gasteiger partial charge in [-0.3, -0.25) is 9.78 Å². The molecular weight excluding hydrogens is 164 g/mol. The molecule has 0 saturated carbocycles. The third kappa shape index (κ3) is 3.32. The highest BCUT2D eigenvalue weighted by molar-refractivity contribution is 5.70. The Morgan fingerprint density at radius 1 is 1.38 bits per heavy atom. The van der Waals surface area contributed by atoms with E-state index in [0.717, 1.165) is 18.4 Å². The number of carbonyl (C=O) groups is 1. The van der Waals surface area contributed by atoms with E-state index in [-0.39, 0.29) is 5.41 Å². The zero-order chi connectivity index (χ0) is 9.90. The molecule has 0 N–H and O–H groups in total. The van der Waals surface area contributed by atoms with E-state index >= 15 is 0 Å². The first kappa shape index (κ1) is 9.84. The van der Waals surface area contributed by atoms with Gasteiger partial charge < -0.3 is 0 Å². The fourth-order valence-electron chi connectivity index (χ4n) is 1.11. The molecule has 0 aromatic carbocycles. The molecule has 3 nitrogen and oxygen atoms in total. The van der Waals surface area contributed by atoms with Gasteiger partial charge in [0.15, 0.2) is 6.29 Å². The SMILES string of the molecule is CC(C)(C)Cc1cncc(C=O)n1. The fourth-order valence-corrected chi connectivity index (χ4v) is 1.11. The van der Waals surface area contributed by atoms with Crippen LogP contribution in [0.1, 0.15) is 37.0 Å². The molecule has 1 rings (SSSR count). The molecule has 0 aliphatic heterocycles. The van der Waals surface area contributed by atoms with Crippen LogP contribution in [0.25, 0.3) is 0 Å². The zero-order valence-corrected chi connectivity index (χ0v) is 8.24. The molecule has 70 valence electrons. The van der Waals surface area contributed by atoms with Crippen molar-refractivity contribution < 1.29 is 4.79 Å². The maximum Gasteiger partial charge on any atom is 0.170 e. The Labute approximate surface area is 78.2 Å². The summed E-state index contributed by atoms with van der Waals surface area (Å²) < 4.78 is 0. The van der Waals surface area contributed by atoms with Crippen LogP contribution >= 0.6 is 0 Å². The quantitative estimate of drug-likeness (QED) is 0.649. The van der Waals surface area contributed by atoms with Gasteiger partial charge in [0.05, 0.1) is 11.9 Å². The average molecular weight is 178 g/mol. The van der Waals surface area contributed by atoms with E-state index in [1.54, 1.807) is 6.20 Å². The van der Waals surface area contributed by atoms with E-state index in [4.69, 9.17) is 0 Å². The van der Waals surface area contributed by atoms with Crippen LogP contribution in [0.4, 0.5) is 0 Å². The van der Waals surface area contributed by atoms with Gasteiger partial charge in [0.2, 0.25) is 0 Å². The van der Waals surface area contributed by atoms with Crippen LogP contribution in [0, 0.1) is 5.41 Å². The van der Waals surface area contributed by atoms with Gasteiger partial charge in [0.1, 0.15) is 5.69 Å². The van der Waals surface area contributed by atoms with Gasteiger partial charge in [-0.1, -0.05) is 20.8 Å². The van der Waals surface area contributed by atoms with Gasteiger partial charge in [-0.05, 0) is 11.8 Å². The lowest BCUT2D eigenvalue weighted by atomic mass is 9.91. The molecule has 1 aromatic rings. The minimum Gasteiger partial charge on any atom is -0.296 e. The summed E-state index contributed by atoms with van der Waals surface area (Å²) in [6, 6.07) is 0. The highest BCUT2D eigenvalue weighted by atomic mass is 16.1. The van der Waals surface area contributed by atoms with E-state index in [2.05, 4.69) is 30.7 Å². The van der Waals surface area contributed by atoms with Gasteiger partial charge in [-0.2, -0.15) is 0 Å². The Bertz CT molecular complexity index is 302. The lowest BCUT2D eigenvalue weighted by Gasteiger charge is -2.16. The minimum absolute atomic E-state index is 0.177. The van der Waals surface area contributed by atoms with Crippen molar-refractivity contribution in [2.45, 2.75) is 27.2 Å². The molecule has 0 saturated heterocycles. The first-order valence-corrected chi connectivity index (χ1v) is 4.27. The maximum absolute atomic E-state index is 10.4. The summed E-state index contributed by atoms with van der Waals surface area (Å²) in [5.41, 5.74) is 1.45. The largest absolute Gasteiger partial charge is 0.296 e. The summed E-state index contributed by atoms with van der Waals surface area (Å²) in [5.74, 6) is 0. The summed E-state index contributed by atoms with van der Waals surface area (Å²) in [5, 5.41) is 0. The van der Waals surface area contributed by atoms with Crippen LogP contribution in [0.2, 0.25) is 0 Å². The van der Waals surface area contributed by atoms with Gasteiger partial charge in [0.25, 0.3) is 0 Å². The number of hydrogen-bond acceptors (Lipinski definition) is 3. The van der Waals surface area contributed by atoms with Gasteiger partial charge in [-0.25, -0.2) is 4.98 Å². The summed E-state index contributed by atoms with van der Waals surface area (Å²) in [6.45, 7) is 6.38. The monoisotopic (exact) mass is 178 g/mol. The van der Waals surface area contributed by atoms with Crippen LogP contribution in [-0.2, 0) is 6.42 Å². The second kappa shape index (κ2) is 3.64. The van der Waals surface area contributed by atoms with Crippen molar-refractivity contribution in [3.05, 3.63) is 23.8 Å². The molecule has 0 bridgehead atoms. The molecule has 0 radical (unpaired) electrons.